The minimum atomic E-state index is -4.41. The Morgan fingerprint density at radius 3 is 2.45 bits per heavy atom. The Hall–Kier alpha value is -1.83. The zero-order valence-corrected chi connectivity index (χ0v) is 12.7. The maximum atomic E-state index is 12.4. The number of nitrogens with zero attached hydrogens (tertiary/aromatic N) is 1. The van der Waals surface area contributed by atoms with E-state index < -0.39 is 29.5 Å². The first-order valence-corrected chi connectivity index (χ1v) is 6.72. The van der Waals surface area contributed by atoms with Crippen molar-refractivity contribution in [3.8, 4) is 0 Å². The molecule has 1 atom stereocenters. The van der Waals surface area contributed by atoms with Crippen LogP contribution in [0.2, 0.25) is 0 Å². The summed E-state index contributed by atoms with van der Waals surface area (Å²) in [5, 5.41) is 2.50. The first-order valence-electron chi connectivity index (χ1n) is 6.72. The fourth-order valence-corrected chi connectivity index (χ4v) is 1.58. The second kappa shape index (κ2) is 6.95. The lowest BCUT2D eigenvalue weighted by molar-refractivity contribution is -0.137. The average molecular weight is 319 g/mol. The molecule has 22 heavy (non-hydrogen) atoms. The van der Waals surface area contributed by atoms with Gasteiger partial charge in [-0.3, -0.25) is 4.98 Å². The molecule has 1 unspecified atom stereocenters. The zero-order chi connectivity index (χ0) is 17.0. The molecule has 0 aliphatic heterocycles. The summed E-state index contributed by atoms with van der Waals surface area (Å²) in [6.45, 7) is 5.34. The van der Waals surface area contributed by atoms with Gasteiger partial charge in [0.1, 0.15) is 5.60 Å². The maximum Gasteiger partial charge on any atom is 0.417 e. The number of halogens is 3. The molecule has 0 spiro atoms. The Morgan fingerprint density at radius 2 is 2.00 bits per heavy atom. The van der Waals surface area contributed by atoms with Crippen molar-refractivity contribution in [1.82, 2.24) is 10.3 Å². The van der Waals surface area contributed by atoms with Crippen LogP contribution in [0.4, 0.5) is 18.0 Å². The number of alkyl halides is 3. The van der Waals surface area contributed by atoms with Crippen molar-refractivity contribution in [3.63, 3.8) is 0 Å². The number of carbonyl (C=O) groups is 1. The highest BCUT2D eigenvalue weighted by Crippen LogP contribution is 2.28. The Morgan fingerprint density at radius 1 is 1.36 bits per heavy atom. The predicted molar refractivity (Wildman–Crippen MR) is 75.2 cm³/mol. The van der Waals surface area contributed by atoms with Crippen molar-refractivity contribution in [3.05, 3.63) is 29.6 Å². The SMILES string of the molecule is CC(C)(C)OC(=O)NCC(N)Cc1ccc(C(F)(F)F)cn1. The van der Waals surface area contributed by atoms with Crippen LogP contribution in [0, 0.1) is 0 Å². The highest BCUT2D eigenvalue weighted by Gasteiger charge is 2.30. The number of carbonyl (C=O) groups excluding carboxylic acids is 1. The summed E-state index contributed by atoms with van der Waals surface area (Å²) in [6.07, 6.45) is -3.99. The molecular weight excluding hydrogens is 299 g/mol. The summed E-state index contributed by atoms with van der Waals surface area (Å²) in [5.74, 6) is 0. The number of aromatic nitrogens is 1. The third-order valence-corrected chi connectivity index (χ3v) is 2.53. The average Bonchev–Trinajstić information content (AvgIpc) is 2.34. The first-order chi connectivity index (χ1) is 9.97. The molecule has 3 N–H and O–H groups in total. The van der Waals surface area contributed by atoms with E-state index in [0.29, 0.717) is 5.69 Å². The van der Waals surface area contributed by atoms with Crippen LogP contribution in [-0.4, -0.2) is 29.3 Å². The van der Waals surface area contributed by atoms with Crippen LogP contribution in [0.3, 0.4) is 0 Å². The molecule has 1 aromatic rings. The van der Waals surface area contributed by atoms with Crippen LogP contribution in [0.15, 0.2) is 18.3 Å². The van der Waals surface area contributed by atoms with Crippen LogP contribution in [0.25, 0.3) is 0 Å². The van der Waals surface area contributed by atoms with E-state index in [9.17, 15) is 18.0 Å². The summed E-state index contributed by atoms with van der Waals surface area (Å²) < 4.78 is 42.2. The van der Waals surface area contributed by atoms with Gasteiger partial charge in [-0.2, -0.15) is 13.2 Å². The number of nitrogens with two attached hydrogens (primary N) is 1. The van der Waals surface area contributed by atoms with E-state index >= 15 is 0 Å². The number of ether oxygens (including phenoxy) is 1. The lowest BCUT2D eigenvalue weighted by atomic mass is 10.1. The van der Waals surface area contributed by atoms with Gasteiger partial charge in [-0.1, -0.05) is 0 Å². The first kappa shape index (κ1) is 18.2. The van der Waals surface area contributed by atoms with Crippen molar-refractivity contribution in [2.75, 3.05) is 6.54 Å². The molecular formula is C14H20F3N3O2. The van der Waals surface area contributed by atoms with Crippen LogP contribution >= 0.6 is 0 Å². The molecule has 1 rings (SSSR count). The Kier molecular flexibility index (Phi) is 5.76. The molecule has 0 saturated heterocycles. The minimum Gasteiger partial charge on any atom is -0.444 e. The van der Waals surface area contributed by atoms with E-state index in [4.69, 9.17) is 10.5 Å². The zero-order valence-electron chi connectivity index (χ0n) is 12.7. The monoisotopic (exact) mass is 319 g/mol. The van der Waals surface area contributed by atoms with Gasteiger partial charge >= 0.3 is 12.3 Å². The number of nitrogens with one attached hydrogen (secondary N) is 1. The van der Waals surface area contributed by atoms with Gasteiger partial charge in [0.15, 0.2) is 0 Å². The van der Waals surface area contributed by atoms with Crippen LogP contribution in [0.1, 0.15) is 32.0 Å². The Labute approximate surface area is 127 Å². The maximum absolute atomic E-state index is 12.4. The molecule has 0 bridgehead atoms. The van der Waals surface area contributed by atoms with Crippen molar-refractivity contribution in [2.45, 2.75) is 45.0 Å². The highest BCUT2D eigenvalue weighted by atomic mass is 19.4. The molecule has 0 aliphatic carbocycles. The van der Waals surface area contributed by atoms with Gasteiger partial charge in [0.05, 0.1) is 5.56 Å². The quantitative estimate of drug-likeness (QED) is 0.894. The van der Waals surface area contributed by atoms with Gasteiger partial charge in [0, 0.05) is 30.9 Å². The molecule has 1 heterocycles. The topological polar surface area (TPSA) is 77.2 Å². The number of hydrogen-bond acceptors (Lipinski definition) is 4. The Balaban J connectivity index is 2.45. The second-order valence-corrected chi connectivity index (χ2v) is 5.88. The van der Waals surface area contributed by atoms with Gasteiger partial charge in [0.2, 0.25) is 0 Å². The predicted octanol–water partition coefficient (Wildman–Crippen LogP) is 2.49. The van der Waals surface area contributed by atoms with Crippen molar-refractivity contribution in [1.29, 1.82) is 0 Å². The standard InChI is InChI=1S/C14H20F3N3O2/c1-13(2,3)22-12(21)20-8-10(18)6-11-5-4-9(7-19-11)14(15,16)17/h4-5,7,10H,6,8,18H2,1-3H3,(H,20,21). The normalized spacial score (nSPS) is 13.6. The van der Waals surface area contributed by atoms with Crippen molar-refractivity contribution < 1.29 is 22.7 Å². The van der Waals surface area contributed by atoms with E-state index in [1.165, 1.54) is 6.07 Å². The number of hydrogen-bond donors (Lipinski definition) is 2. The summed E-state index contributed by atoms with van der Waals surface area (Å²) in [4.78, 5) is 15.2. The van der Waals surface area contributed by atoms with Gasteiger partial charge in [-0.25, -0.2) is 4.79 Å². The van der Waals surface area contributed by atoms with Crippen molar-refractivity contribution in [2.24, 2.45) is 5.73 Å². The van der Waals surface area contributed by atoms with Gasteiger partial charge < -0.3 is 15.8 Å². The lowest BCUT2D eigenvalue weighted by Gasteiger charge is -2.20. The van der Waals surface area contributed by atoms with E-state index in [1.807, 2.05) is 0 Å². The fraction of sp³-hybridized carbons (Fsp3) is 0.571. The lowest BCUT2D eigenvalue weighted by Crippen LogP contribution is -2.41. The fourth-order valence-electron chi connectivity index (χ4n) is 1.58. The number of pyridine rings is 1. The summed E-state index contributed by atoms with van der Waals surface area (Å²) in [7, 11) is 0. The van der Waals surface area contributed by atoms with Gasteiger partial charge in [-0.05, 0) is 32.9 Å². The molecule has 0 aliphatic rings. The number of alkyl carbamates (subject to hydrolysis) is 1. The minimum absolute atomic E-state index is 0.137. The third kappa shape index (κ3) is 6.75. The molecule has 8 heteroatoms. The molecule has 0 aromatic carbocycles. The van der Waals surface area contributed by atoms with E-state index in [2.05, 4.69) is 10.3 Å². The van der Waals surface area contributed by atoms with E-state index in [-0.39, 0.29) is 13.0 Å². The summed E-state index contributed by atoms with van der Waals surface area (Å²) in [5.41, 5.74) is 4.82. The number of rotatable bonds is 4. The van der Waals surface area contributed by atoms with Gasteiger partial charge in [0.25, 0.3) is 0 Å². The van der Waals surface area contributed by atoms with Crippen LogP contribution in [0.5, 0.6) is 0 Å². The summed E-state index contributed by atoms with van der Waals surface area (Å²) >= 11 is 0. The molecule has 1 amide bonds. The highest BCUT2D eigenvalue weighted by molar-refractivity contribution is 5.67. The van der Waals surface area contributed by atoms with E-state index in [1.54, 1.807) is 20.8 Å². The number of amides is 1. The van der Waals surface area contributed by atoms with Gasteiger partial charge in [-0.15, -0.1) is 0 Å². The van der Waals surface area contributed by atoms with Crippen LogP contribution in [-0.2, 0) is 17.3 Å². The summed E-state index contributed by atoms with van der Waals surface area (Å²) in [6, 6.07) is 1.75. The van der Waals surface area contributed by atoms with Crippen LogP contribution < -0.4 is 11.1 Å². The van der Waals surface area contributed by atoms with E-state index in [0.717, 1.165) is 12.3 Å². The third-order valence-electron chi connectivity index (χ3n) is 2.53. The molecule has 0 fully saturated rings. The molecule has 5 nitrogen and oxygen atoms in total. The smallest absolute Gasteiger partial charge is 0.417 e. The molecule has 0 radical (unpaired) electrons. The second-order valence-electron chi connectivity index (χ2n) is 5.88. The molecule has 1 aromatic heterocycles. The molecule has 124 valence electrons. The largest absolute Gasteiger partial charge is 0.444 e. The van der Waals surface area contributed by atoms with Crippen molar-refractivity contribution >= 4 is 6.09 Å². The Bertz CT molecular complexity index is 496. The molecule has 0 saturated carbocycles.